The third kappa shape index (κ3) is 4.49. The van der Waals surface area contributed by atoms with Crippen molar-refractivity contribution in [1.82, 2.24) is 0 Å². The van der Waals surface area contributed by atoms with E-state index < -0.39 is 0 Å². The molecule has 0 aliphatic carbocycles. The minimum atomic E-state index is -0.372. The van der Waals surface area contributed by atoms with Gasteiger partial charge in [-0.1, -0.05) is 28.1 Å². The number of hydrogen-bond donors (Lipinski definition) is 1. The van der Waals surface area contributed by atoms with Crippen molar-refractivity contribution in [3.05, 3.63) is 58.1 Å². The molecule has 0 atom stereocenters. The number of methoxy groups -OCH3 is 1. The van der Waals surface area contributed by atoms with E-state index in [1.54, 1.807) is 6.07 Å². The van der Waals surface area contributed by atoms with Crippen LogP contribution in [0.25, 0.3) is 0 Å². The van der Waals surface area contributed by atoms with Crippen LogP contribution in [0.2, 0.25) is 0 Å². The quantitative estimate of drug-likeness (QED) is 0.621. The van der Waals surface area contributed by atoms with Crippen LogP contribution in [0.3, 0.4) is 0 Å². The molecular weight excluding hydrogens is 346 g/mol. The summed E-state index contributed by atoms with van der Waals surface area (Å²) >= 11 is 3.35. The second kappa shape index (κ2) is 7.84. The first-order valence-corrected chi connectivity index (χ1v) is 7.70. The number of anilines is 1. The first-order valence-electron chi connectivity index (χ1n) is 6.91. The van der Waals surface area contributed by atoms with Gasteiger partial charge < -0.3 is 14.8 Å². The van der Waals surface area contributed by atoms with Crippen LogP contribution in [0.1, 0.15) is 15.9 Å². The SMILES string of the molecule is COC(=O)c1cc(Br)ccc1NCCOc1cccc(C)c1. The maximum atomic E-state index is 11.8. The number of hydrogen-bond acceptors (Lipinski definition) is 4. The molecule has 2 rings (SSSR count). The molecule has 0 aliphatic rings. The van der Waals surface area contributed by atoms with Crippen LogP contribution in [-0.4, -0.2) is 26.2 Å². The Bertz CT molecular complexity index is 658. The highest BCUT2D eigenvalue weighted by Gasteiger charge is 2.12. The van der Waals surface area contributed by atoms with E-state index in [2.05, 4.69) is 21.2 Å². The van der Waals surface area contributed by atoms with E-state index in [0.717, 1.165) is 21.5 Å². The molecule has 0 spiro atoms. The highest BCUT2D eigenvalue weighted by Crippen LogP contribution is 2.21. The third-order valence-electron chi connectivity index (χ3n) is 3.06. The van der Waals surface area contributed by atoms with E-state index in [9.17, 15) is 4.79 Å². The number of aryl methyl sites for hydroxylation is 1. The smallest absolute Gasteiger partial charge is 0.340 e. The van der Waals surface area contributed by atoms with Gasteiger partial charge in [0.25, 0.3) is 0 Å². The topological polar surface area (TPSA) is 47.6 Å². The zero-order chi connectivity index (χ0) is 15.9. The summed E-state index contributed by atoms with van der Waals surface area (Å²) in [7, 11) is 1.37. The van der Waals surface area contributed by atoms with Crippen molar-refractivity contribution in [3.8, 4) is 5.75 Å². The molecule has 4 nitrogen and oxygen atoms in total. The number of rotatable bonds is 6. The Labute approximate surface area is 138 Å². The second-order valence-electron chi connectivity index (χ2n) is 4.77. The van der Waals surface area contributed by atoms with Gasteiger partial charge in [-0.25, -0.2) is 4.79 Å². The highest BCUT2D eigenvalue weighted by molar-refractivity contribution is 9.10. The summed E-state index contributed by atoms with van der Waals surface area (Å²) in [6.45, 7) is 3.11. The number of ether oxygens (including phenoxy) is 2. The Morgan fingerprint density at radius 2 is 2.05 bits per heavy atom. The van der Waals surface area contributed by atoms with E-state index in [0.29, 0.717) is 18.7 Å². The van der Waals surface area contributed by atoms with Gasteiger partial charge in [-0.15, -0.1) is 0 Å². The summed E-state index contributed by atoms with van der Waals surface area (Å²) in [6, 6.07) is 13.3. The molecule has 0 aliphatic heterocycles. The lowest BCUT2D eigenvalue weighted by Crippen LogP contribution is -2.14. The molecule has 116 valence electrons. The Hall–Kier alpha value is -2.01. The summed E-state index contributed by atoms with van der Waals surface area (Å²) < 4.78 is 11.3. The molecule has 0 fully saturated rings. The number of benzene rings is 2. The van der Waals surface area contributed by atoms with Crippen LogP contribution in [0.5, 0.6) is 5.75 Å². The molecular formula is C17H18BrNO3. The number of esters is 1. The number of carbonyl (C=O) groups excluding carboxylic acids is 1. The van der Waals surface area contributed by atoms with Crippen LogP contribution in [-0.2, 0) is 4.74 Å². The third-order valence-corrected chi connectivity index (χ3v) is 3.56. The maximum absolute atomic E-state index is 11.8. The first-order chi connectivity index (χ1) is 10.6. The van der Waals surface area contributed by atoms with Gasteiger partial charge >= 0.3 is 5.97 Å². The molecule has 0 bridgehead atoms. The molecule has 1 N–H and O–H groups in total. The largest absolute Gasteiger partial charge is 0.492 e. The predicted octanol–water partition coefficient (Wildman–Crippen LogP) is 4.04. The molecule has 0 amide bonds. The van der Waals surface area contributed by atoms with Gasteiger partial charge in [-0.2, -0.15) is 0 Å². The van der Waals surface area contributed by atoms with Crippen LogP contribution >= 0.6 is 15.9 Å². The predicted molar refractivity (Wildman–Crippen MR) is 90.6 cm³/mol. The van der Waals surface area contributed by atoms with E-state index in [1.807, 2.05) is 43.3 Å². The molecule has 0 saturated carbocycles. The summed E-state index contributed by atoms with van der Waals surface area (Å²) in [6.07, 6.45) is 0. The van der Waals surface area contributed by atoms with Gasteiger partial charge in [-0.3, -0.25) is 0 Å². The maximum Gasteiger partial charge on any atom is 0.340 e. The fourth-order valence-electron chi connectivity index (χ4n) is 2.01. The summed E-state index contributed by atoms with van der Waals surface area (Å²) in [5, 5.41) is 3.19. The average molecular weight is 364 g/mol. The fourth-order valence-corrected chi connectivity index (χ4v) is 2.37. The average Bonchev–Trinajstić information content (AvgIpc) is 2.52. The van der Waals surface area contributed by atoms with Crippen LogP contribution in [0.4, 0.5) is 5.69 Å². The fraction of sp³-hybridized carbons (Fsp3) is 0.235. The highest BCUT2D eigenvalue weighted by atomic mass is 79.9. The molecule has 22 heavy (non-hydrogen) atoms. The number of halogens is 1. The Kier molecular flexibility index (Phi) is 5.83. The number of carbonyl (C=O) groups is 1. The van der Waals surface area contributed by atoms with Gasteiger partial charge in [-0.05, 0) is 42.8 Å². The van der Waals surface area contributed by atoms with E-state index in [-0.39, 0.29) is 5.97 Å². The number of nitrogens with one attached hydrogen (secondary N) is 1. The minimum Gasteiger partial charge on any atom is -0.492 e. The normalized spacial score (nSPS) is 10.1. The standard InChI is InChI=1S/C17H18BrNO3/c1-12-4-3-5-14(10-12)22-9-8-19-16-7-6-13(18)11-15(16)17(20)21-2/h3-7,10-11,19H,8-9H2,1-2H3. The lowest BCUT2D eigenvalue weighted by molar-refractivity contribution is 0.0601. The second-order valence-corrected chi connectivity index (χ2v) is 5.69. The van der Waals surface area contributed by atoms with Crippen molar-refractivity contribution in [2.45, 2.75) is 6.92 Å². The first kappa shape index (κ1) is 16.4. The lowest BCUT2D eigenvalue weighted by atomic mass is 10.2. The van der Waals surface area contributed by atoms with Crippen molar-refractivity contribution in [2.24, 2.45) is 0 Å². The zero-order valence-electron chi connectivity index (χ0n) is 12.6. The van der Waals surface area contributed by atoms with Crippen molar-refractivity contribution in [1.29, 1.82) is 0 Å². The monoisotopic (exact) mass is 363 g/mol. The molecule has 0 saturated heterocycles. The van der Waals surface area contributed by atoms with Gasteiger partial charge in [0.1, 0.15) is 12.4 Å². The van der Waals surface area contributed by atoms with Crippen LogP contribution < -0.4 is 10.1 Å². The van der Waals surface area contributed by atoms with Crippen LogP contribution in [0, 0.1) is 6.92 Å². The Morgan fingerprint density at radius 1 is 1.23 bits per heavy atom. The van der Waals surface area contributed by atoms with Gasteiger partial charge in [0.2, 0.25) is 0 Å². The van der Waals surface area contributed by atoms with E-state index >= 15 is 0 Å². The Balaban J connectivity index is 1.93. The molecule has 0 unspecified atom stereocenters. The van der Waals surface area contributed by atoms with E-state index in [4.69, 9.17) is 9.47 Å². The molecule has 0 heterocycles. The summed E-state index contributed by atoms with van der Waals surface area (Å²) in [5.74, 6) is 0.467. The van der Waals surface area contributed by atoms with E-state index in [1.165, 1.54) is 7.11 Å². The molecule has 2 aromatic carbocycles. The van der Waals surface area contributed by atoms with Crippen molar-refractivity contribution >= 4 is 27.6 Å². The molecule has 0 aromatic heterocycles. The van der Waals surface area contributed by atoms with Gasteiger partial charge in [0.15, 0.2) is 0 Å². The molecule has 2 aromatic rings. The molecule has 0 radical (unpaired) electrons. The van der Waals surface area contributed by atoms with Crippen molar-refractivity contribution in [2.75, 3.05) is 25.6 Å². The molecule has 5 heteroatoms. The van der Waals surface area contributed by atoms with Gasteiger partial charge in [0.05, 0.1) is 12.7 Å². The van der Waals surface area contributed by atoms with Crippen molar-refractivity contribution < 1.29 is 14.3 Å². The minimum absolute atomic E-state index is 0.372. The van der Waals surface area contributed by atoms with Gasteiger partial charge in [0, 0.05) is 16.7 Å². The van der Waals surface area contributed by atoms with Crippen molar-refractivity contribution in [3.63, 3.8) is 0 Å². The van der Waals surface area contributed by atoms with Crippen LogP contribution in [0.15, 0.2) is 46.9 Å². The summed E-state index contributed by atoms with van der Waals surface area (Å²) in [4.78, 5) is 11.8. The summed E-state index contributed by atoms with van der Waals surface area (Å²) in [5.41, 5.74) is 2.38. The Morgan fingerprint density at radius 3 is 2.77 bits per heavy atom. The lowest BCUT2D eigenvalue weighted by Gasteiger charge is -2.12. The zero-order valence-corrected chi connectivity index (χ0v) is 14.1.